The Morgan fingerprint density at radius 2 is 1.47 bits per heavy atom. The second kappa shape index (κ2) is 8.27. The minimum atomic E-state index is -0.349. The largest absolute Gasteiger partial charge is 0.508 e. The molecule has 3 nitrogen and oxygen atoms in total. The summed E-state index contributed by atoms with van der Waals surface area (Å²) in [6, 6.07) is 19.1. The first-order chi connectivity index (χ1) is 14.4. The maximum Gasteiger partial charge on any atom is 0.233 e. The molecule has 3 aromatic carbocycles. The lowest BCUT2D eigenvalue weighted by molar-refractivity contribution is -0.130. The van der Waals surface area contributed by atoms with Gasteiger partial charge in [-0.15, -0.1) is 0 Å². The van der Waals surface area contributed by atoms with Crippen molar-refractivity contribution in [2.45, 2.75) is 31.7 Å². The molecule has 1 amide bonds. The van der Waals surface area contributed by atoms with Crippen LogP contribution in [0, 0.1) is 17.6 Å². The molecule has 0 saturated carbocycles. The molecule has 0 aromatic heterocycles. The quantitative estimate of drug-likeness (QED) is 0.512. The molecule has 0 aliphatic carbocycles. The average Bonchev–Trinajstić information content (AvgIpc) is 2.74. The van der Waals surface area contributed by atoms with Crippen molar-refractivity contribution in [2.75, 3.05) is 4.90 Å². The second-order valence-electron chi connectivity index (χ2n) is 7.86. The van der Waals surface area contributed by atoms with Crippen LogP contribution < -0.4 is 4.90 Å². The van der Waals surface area contributed by atoms with Gasteiger partial charge in [0.05, 0.1) is 12.0 Å². The Hall–Kier alpha value is -3.21. The van der Waals surface area contributed by atoms with Gasteiger partial charge in [0.2, 0.25) is 5.91 Å². The number of amides is 1. The van der Waals surface area contributed by atoms with Crippen molar-refractivity contribution < 1.29 is 18.7 Å². The molecule has 4 rings (SSSR count). The molecule has 1 heterocycles. The van der Waals surface area contributed by atoms with Crippen LogP contribution in [0.3, 0.4) is 0 Å². The van der Waals surface area contributed by atoms with Crippen LogP contribution >= 0.6 is 0 Å². The van der Waals surface area contributed by atoms with E-state index in [9.17, 15) is 18.7 Å². The molecule has 5 heteroatoms. The number of aromatic hydroxyl groups is 1. The number of benzene rings is 3. The zero-order valence-electron chi connectivity index (χ0n) is 16.6. The van der Waals surface area contributed by atoms with Gasteiger partial charge >= 0.3 is 0 Å². The maximum atomic E-state index is 13.4. The summed E-state index contributed by atoms with van der Waals surface area (Å²) in [6.07, 6.45) is 1.47. The van der Waals surface area contributed by atoms with E-state index in [1.165, 1.54) is 24.3 Å². The number of phenols is 1. The zero-order chi connectivity index (χ0) is 21.3. The van der Waals surface area contributed by atoms with Gasteiger partial charge in [-0.1, -0.05) is 31.2 Å². The molecular weight excluding hydrogens is 384 g/mol. The highest BCUT2D eigenvalue weighted by Gasteiger charge is 2.48. The zero-order valence-corrected chi connectivity index (χ0v) is 16.6. The highest BCUT2D eigenvalue weighted by Crippen LogP contribution is 2.46. The lowest BCUT2D eigenvalue weighted by Gasteiger charge is -2.48. The molecule has 1 aliphatic rings. The van der Waals surface area contributed by atoms with Gasteiger partial charge in [-0.05, 0) is 78.4 Å². The highest BCUT2D eigenvalue weighted by molar-refractivity contribution is 6.03. The molecule has 154 valence electrons. The summed E-state index contributed by atoms with van der Waals surface area (Å²) < 4.78 is 26.5. The maximum absolute atomic E-state index is 13.4. The van der Waals surface area contributed by atoms with Crippen LogP contribution in [0.1, 0.15) is 42.9 Å². The number of hydrogen-bond acceptors (Lipinski definition) is 2. The predicted octanol–water partition coefficient (Wildman–Crippen LogP) is 5.96. The van der Waals surface area contributed by atoms with E-state index in [0.717, 1.165) is 17.5 Å². The highest BCUT2D eigenvalue weighted by atomic mass is 19.1. The van der Waals surface area contributed by atoms with E-state index in [-0.39, 0.29) is 41.2 Å². The van der Waals surface area contributed by atoms with Gasteiger partial charge in [0.15, 0.2) is 0 Å². The van der Waals surface area contributed by atoms with Crippen LogP contribution in [0.2, 0.25) is 0 Å². The summed E-state index contributed by atoms with van der Waals surface area (Å²) in [5, 5.41) is 9.63. The number of phenolic OH excluding ortho intramolecular Hbond substituents is 1. The van der Waals surface area contributed by atoms with Crippen molar-refractivity contribution in [2.24, 2.45) is 5.92 Å². The van der Waals surface area contributed by atoms with E-state index < -0.39 is 0 Å². The van der Waals surface area contributed by atoms with Crippen LogP contribution in [0.15, 0.2) is 72.8 Å². The van der Waals surface area contributed by atoms with Crippen molar-refractivity contribution in [3.05, 3.63) is 95.6 Å². The lowest BCUT2D eigenvalue weighted by Crippen LogP contribution is -2.55. The summed E-state index contributed by atoms with van der Waals surface area (Å²) in [6.45, 7) is 2.07. The third-order valence-electron chi connectivity index (χ3n) is 5.90. The first-order valence-corrected chi connectivity index (χ1v) is 10.1. The number of nitrogens with zero attached hydrogens (tertiary/aromatic N) is 1. The Kier molecular flexibility index (Phi) is 5.53. The average molecular weight is 407 g/mol. The molecule has 1 N–H and O–H groups in total. The SMILES string of the molecule is CC(CCC1C(=O)N(c2ccc(F)cc2)C1c1ccc(O)cc1)c1ccc(F)cc1. The minimum Gasteiger partial charge on any atom is -0.508 e. The summed E-state index contributed by atoms with van der Waals surface area (Å²) in [5.41, 5.74) is 2.62. The van der Waals surface area contributed by atoms with Gasteiger partial charge in [0.25, 0.3) is 0 Å². The number of hydrogen-bond donors (Lipinski definition) is 1. The first kappa shape index (κ1) is 20.1. The lowest BCUT2D eigenvalue weighted by atomic mass is 9.77. The molecule has 3 atom stereocenters. The van der Waals surface area contributed by atoms with Crippen molar-refractivity contribution >= 4 is 11.6 Å². The standard InChI is InChI=1S/C25H23F2NO2/c1-16(17-3-7-19(26)8-4-17)2-15-23-24(18-5-13-22(29)14-6-18)28(25(23)30)21-11-9-20(27)10-12-21/h3-14,16,23-24,29H,2,15H2,1H3. The Morgan fingerprint density at radius 3 is 2.07 bits per heavy atom. The van der Waals surface area contributed by atoms with Gasteiger partial charge < -0.3 is 10.0 Å². The summed E-state index contributed by atoms with van der Waals surface area (Å²) in [4.78, 5) is 14.7. The van der Waals surface area contributed by atoms with E-state index >= 15 is 0 Å². The summed E-state index contributed by atoms with van der Waals surface area (Å²) in [7, 11) is 0. The fraction of sp³-hybridized carbons (Fsp3) is 0.240. The van der Waals surface area contributed by atoms with E-state index in [4.69, 9.17) is 0 Å². The van der Waals surface area contributed by atoms with Gasteiger partial charge in [-0.2, -0.15) is 0 Å². The number of carbonyl (C=O) groups excluding carboxylic acids is 1. The number of rotatable bonds is 6. The Balaban J connectivity index is 1.55. The van der Waals surface area contributed by atoms with E-state index in [1.54, 1.807) is 41.3 Å². The van der Waals surface area contributed by atoms with Gasteiger partial charge in [-0.25, -0.2) is 8.78 Å². The van der Waals surface area contributed by atoms with Crippen molar-refractivity contribution in [3.8, 4) is 5.75 Å². The Bertz CT molecular complexity index is 1020. The molecule has 0 radical (unpaired) electrons. The van der Waals surface area contributed by atoms with Gasteiger partial charge in [0, 0.05) is 5.69 Å². The number of carbonyl (C=O) groups is 1. The molecule has 3 aromatic rings. The van der Waals surface area contributed by atoms with E-state index in [0.29, 0.717) is 12.1 Å². The number of anilines is 1. The smallest absolute Gasteiger partial charge is 0.233 e. The fourth-order valence-electron chi connectivity index (χ4n) is 4.16. The van der Waals surface area contributed by atoms with Crippen LogP contribution in [-0.4, -0.2) is 11.0 Å². The predicted molar refractivity (Wildman–Crippen MR) is 112 cm³/mol. The minimum absolute atomic E-state index is 0.00555. The first-order valence-electron chi connectivity index (χ1n) is 10.1. The number of β-lactam (4-membered cyclic amide) rings is 1. The van der Waals surface area contributed by atoms with Crippen molar-refractivity contribution in [3.63, 3.8) is 0 Å². The van der Waals surface area contributed by atoms with Crippen LogP contribution in [-0.2, 0) is 4.79 Å². The van der Waals surface area contributed by atoms with Crippen molar-refractivity contribution in [1.82, 2.24) is 0 Å². The topological polar surface area (TPSA) is 40.5 Å². The van der Waals surface area contributed by atoms with Crippen LogP contribution in [0.25, 0.3) is 0 Å². The van der Waals surface area contributed by atoms with Gasteiger partial charge in [-0.3, -0.25) is 4.79 Å². The molecule has 0 spiro atoms. The van der Waals surface area contributed by atoms with Crippen LogP contribution in [0.5, 0.6) is 5.75 Å². The van der Waals surface area contributed by atoms with Crippen molar-refractivity contribution in [1.29, 1.82) is 0 Å². The van der Waals surface area contributed by atoms with Gasteiger partial charge in [0.1, 0.15) is 17.4 Å². The molecule has 1 saturated heterocycles. The number of halogens is 2. The third kappa shape index (κ3) is 3.92. The third-order valence-corrected chi connectivity index (χ3v) is 5.90. The normalized spacial score (nSPS) is 19.4. The van der Waals surface area contributed by atoms with Crippen LogP contribution in [0.4, 0.5) is 14.5 Å². The molecule has 3 unspecified atom stereocenters. The Labute approximate surface area is 174 Å². The van der Waals surface area contributed by atoms with E-state index in [2.05, 4.69) is 6.92 Å². The second-order valence-corrected chi connectivity index (χ2v) is 7.86. The molecule has 30 heavy (non-hydrogen) atoms. The summed E-state index contributed by atoms with van der Waals surface area (Å²) >= 11 is 0. The fourth-order valence-corrected chi connectivity index (χ4v) is 4.16. The molecule has 1 aliphatic heterocycles. The monoisotopic (exact) mass is 407 g/mol. The Morgan fingerprint density at radius 1 is 0.900 bits per heavy atom. The summed E-state index contributed by atoms with van der Waals surface area (Å²) in [5.74, 6) is -0.452. The molecule has 1 fully saturated rings. The van der Waals surface area contributed by atoms with E-state index in [1.807, 2.05) is 12.1 Å². The molecule has 0 bridgehead atoms. The molecular formula is C25H23F2NO2.